The van der Waals surface area contributed by atoms with Gasteiger partial charge in [0, 0.05) is 20.8 Å². The van der Waals surface area contributed by atoms with E-state index in [1.54, 1.807) is 11.8 Å². The molecule has 1 aromatic heterocycles. The minimum Gasteiger partial charge on any atom is -0.270 e. The van der Waals surface area contributed by atoms with Crippen LogP contribution in [0.5, 0.6) is 0 Å². The Labute approximate surface area is 188 Å². The fraction of sp³-hybridized carbons (Fsp3) is 0.130. The SMILES string of the molecule is Cc1ccc(-n2c(SCc3ccc(Br)cc3)nnc2-c2ccc(Cl)cc2)cc1C. The molecule has 0 atom stereocenters. The van der Waals surface area contributed by atoms with Crippen LogP contribution in [-0.4, -0.2) is 14.8 Å². The van der Waals surface area contributed by atoms with Crippen molar-refractivity contribution in [1.29, 1.82) is 0 Å². The lowest BCUT2D eigenvalue weighted by Crippen LogP contribution is -2.01. The molecule has 0 saturated carbocycles. The average Bonchev–Trinajstić information content (AvgIpc) is 3.14. The highest BCUT2D eigenvalue weighted by Gasteiger charge is 2.17. The monoisotopic (exact) mass is 483 g/mol. The Bertz CT molecular complexity index is 1140. The van der Waals surface area contributed by atoms with Crippen LogP contribution in [-0.2, 0) is 5.75 Å². The fourth-order valence-electron chi connectivity index (χ4n) is 2.98. The van der Waals surface area contributed by atoms with E-state index in [1.165, 1.54) is 16.7 Å². The van der Waals surface area contributed by atoms with Gasteiger partial charge in [-0.15, -0.1) is 10.2 Å². The Balaban J connectivity index is 1.75. The third kappa shape index (κ3) is 4.58. The normalized spacial score (nSPS) is 11.0. The van der Waals surface area contributed by atoms with E-state index in [0.717, 1.165) is 32.5 Å². The van der Waals surface area contributed by atoms with Gasteiger partial charge < -0.3 is 0 Å². The molecule has 0 fully saturated rings. The molecular weight excluding hydrogens is 466 g/mol. The third-order valence-corrected chi connectivity index (χ3v) is 6.55. The molecule has 3 aromatic carbocycles. The maximum atomic E-state index is 6.08. The summed E-state index contributed by atoms with van der Waals surface area (Å²) < 4.78 is 3.20. The van der Waals surface area contributed by atoms with E-state index in [4.69, 9.17) is 11.6 Å². The Morgan fingerprint density at radius 1 is 0.897 bits per heavy atom. The highest BCUT2D eigenvalue weighted by Crippen LogP contribution is 2.31. The molecule has 0 aliphatic carbocycles. The van der Waals surface area contributed by atoms with Crippen LogP contribution in [0.15, 0.2) is 76.4 Å². The van der Waals surface area contributed by atoms with Gasteiger partial charge in [-0.3, -0.25) is 4.57 Å². The number of halogens is 2. The lowest BCUT2D eigenvalue weighted by molar-refractivity contribution is 0.884. The summed E-state index contributed by atoms with van der Waals surface area (Å²) >= 11 is 11.2. The van der Waals surface area contributed by atoms with Crippen molar-refractivity contribution in [3.8, 4) is 17.1 Å². The Morgan fingerprint density at radius 2 is 1.62 bits per heavy atom. The van der Waals surface area contributed by atoms with Gasteiger partial charge in [0.25, 0.3) is 0 Å². The van der Waals surface area contributed by atoms with Crippen LogP contribution in [0.3, 0.4) is 0 Å². The van der Waals surface area contributed by atoms with Crippen molar-refractivity contribution < 1.29 is 0 Å². The summed E-state index contributed by atoms with van der Waals surface area (Å²) in [5, 5.41) is 10.6. The first kappa shape index (κ1) is 20.2. The topological polar surface area (TPSA) is 30.7 Å². The lowest BCUT2D eigenvalue weighted by Gasteiger charge is -2.12. The molecule has 1 heterocycles. The first-order valence-corrected chi connectivity index (χ1v) is 11.3. The van der Waals surface area contributed by atoms with Gasteiger partial charge >= 0.3 is 0 Å². The number of nitrogens with zero attached hydrogens (tertiary/aromatic N) is 3. The number of benzene rings is 3. The Hall–Kier alpha value is -2.08. The molecule has 146 valence electrons. The molecule has 0 saturated heterocycles. The van der Waals surface area contributed by atoms with Gasteiger partial charge in [-0.2, -0.15) is 0 Å². The van der Waals surface area contributed by atoms with Crippen molar-refractivity contribution in [2.24, 2.45) is 0 Å². The predicted octanol–water partition coefficient (Wildman–Crippen LogP) is 7.26. The minimum atomic E-state index is 0.704. The first-order chi connectivity index (χ1) is 14.0. The zero-order valence-electron chi connectivity index (χ0n) is 16.1. The Morgan fingerprint density at radius 3 is 2.31 bits per heavy atom. The molecule has 0 unspecified atom stereocenters. The summed E-state index contributed by atoms with van der Waals surface area (Å²) in [4.78, 5) is 0. The molecule has 0 N–H and O–H groups in total. The van der Waals surface area contributed by atoms with Crippen LogP contribution in [0.1, 0.15) is 16.7 Å². The summed E-state index contributed by atoms with van der Waals surface area (Å²) in [5.74, 6) is 1.62. The summed E-state index contributed by atoms with van der Waals surface area (Å²) in [6.07, 6.45) is 0. The molecule has 0 spiro atoms. The van der Waals surface area contributed by atoms with Crippen LogP contribution >= 0.6 is 39.3 Å². The summed E-state index contributed by atoms with van der Waals surface area (Å²) in [7, 11) is 0. The van der Waals surface area contributed by atoms with Crippen LogP contribution in [0, 0.1) is 13.8 Å². The number of rotatable bonds is 5. The average molecular weight is 485 g/mol. The lowest BCUT2D eigenvalue weighted by atomic mass is 10.1. The minimum absolute atomic E-state index is 0.704. The molecule has 6 heteroatoms. The van der Waals surface area contributed by atoms with Crippen molar-refractivity contribution in [1.82, 2.24) is 14.8 Å². The summed E-state index contributed by atoms with van der Waals surface area (Å²) in [6.45, 7) is 4.24. The molecule has 0 radical (unpaired) electrons. The molecule has 0 aliphatic rings. The van der Waals surface area contributed by atoms with Crippen molar-refractivity contribution >= 4 is 39.3 Å². The van der Waals surface area contributed by atoms with Crippen LogP contribution in [0.4, 0.5) is 0 Å². The van der Waals surface area contributed by atoms with Crippen molar-refractivity contribution in [3.05, 3.63) is 92.9 Å². The van der Waals surface area contributed by atoms with Gasteiger partial charge in [0.05, 0.1) is 5.69 Å². The van der Waals surface area contributed by atoms with E-state index >= 15 is 0 Å². The highest BCUT2D eigenvalue weighted by atomic mass is 79.9. The second-order valence-corrected chi connectivity index (χ2v) is 9.13. The van der Waals surface area contributed by atoms with Crippen LogP contribution < -0.4 is 0 Å². The van der Waals surface area contributed by atoms with Crippen molar-refractivity contribution in [2.75, 3.05) is 0 Å². The van der Waals surface area contributed by atoms with Crippen LogP contribution in [0.2, 0.25) is 5.02 Å². The highest BCUT2D eigenvalue weighted by molar-refractivity contribution is 9.10. The second kappa shape index (κ2) is 8.74. The van der Waals surface area contributed by atoms with Gasteiger partial charge in [-0.25, -0.2) is 0 Å². The van der Waals surface area contributed by atoms with E-state index < -0.39 is 0 Å². The number of hydrogen-bond acceptors (Lipinski definition) is 3. The quantitative estimate of drug-likeness (QED) is 0.279. The molecular formula is C23H19BrClN3S. The number of aryl methyl sites for hydroxylation is 2. The zero-order chi connectivity index (χ0) is 20.4. The second-order valence-electron chi connectivity index (χ2n) is 6.83. The number of thioether (sulfide) groups is 1. The smallest absolute Gasteiger partial charge is 0.196 e. The predicted molar refractivity (Wildman–Crippen MR) is 125 cm³/mol. The summed E-state index contributed by atoms with van der Waals surface area (Å²) in [5.41, 5.74) is 5.78. The van der Waals surface area contributed by atoms with Gasteiger partial charge in [0.15, 0.2) is 11.0 Å². The van der Waals surface area contributed by atoms with E-state index in [1.807, 2.05) is 24.3 Å². The first-order valence-electron chi connectivity index (χ1n) is 9.17. The molecule has 4 aromatic rings. The maximum Gasteiger partial charge on any atom is 0.196 e. The Kier molecular flexibility index (Phi) is 6.09. The third-order valence-electron chi connectivity index (χ3n) is 4.77. The van der Waals surface area contributed by atoms with E-state index in [0.29, 0.717) is 5.02 Å². The van der Waals surface area contributed by atoms with Gasteiger partial charge in [-0.1, -0.05) is 57.5 Å². The van der Waals surface area contributed by atoms with E-state index in [9.17, 15) is 0 Å². The van der Waals surface area contributed by atoms with Crippen molar-refractivity contribution in [3.63, 3.8) is 0 Å². The maximum absolute atomic E-state index is 6.08. The molecule has 0 amide bonds. The molecule has 3 nitrogen and oxygen atoms in total. The van der Waals surface area contributed by atoms with Gasteiger partial charge in [0.1, 0.15) is 0 Å². The van der Waals surface area contributed by atoms with E-state index in [-0.39, 0.29) is 0 Å². The summed E-state index contributed by atoms with van der Waals surface area (Å²) in [6, 6.07) is 22.5. The van der Waals surface area contributed by atoms with Gasteiger partial charge in [0.2, 0.25) is 0 Å². The fourth-order valence-corrected chi connectivity index (χ4v) is 4.27. The largest absolute Gasteiger partial charge is 0.270 e. The molecule has 29 heavy (non-hydrogen) atoms. The molecule has 0 bridgehead atoms. The molecule has 0 aliphatic heterocycles. The number of hydrogen-bond donors (Lipinski definition) is 0. The standard InChI is InChI=1S/C23H19BrClN3S/c1-15-3-12-21(13-16(15)2)28-22(18-6-10-20(25)11-7-18)26-27-23(28)29-14-17-4-8-19(24)9-5-17/h3-13H,14H2,1-2H3. The van der Waals surface area contributed by atoms with Crippen LogP contribution in [0.25, 0.3) is 17.1 Å². The van der Waals surface area contributed by atoms with E-state index in [2.05, 4.69) is 87.0 Å². The number of aromatic nitrogens is 3. The molecule has 4 rings (SSSR count). The zero-order valence-corrected chi connectivity index (χ0v) is 19.2. The van der Waals surface area contributed by atoms with Gasteiger partial charge in [-0.05, 0) is 79.1 Å². The van der Waals surface area contributed by atoms with Crippen molar-refractivity contribution in [2.45, 2.75) is 24.8 Å².